The Bertz CT molecular complexity index is 613. The summed E-state index contributed by atoms with van der Waals surface area (Å²) in [5.74, 6) is -0.202. The summed E-state index contributed by atoms with van der Waals surface area (Å²) in [6, 6.07) is 12.4. The van der Waals surface area contributed by atoms with Crippen molar-refractivity contribution < 1.29 is 14.2 Å². The van der Waals surface area contributed by atoms with Gasteiger partial charge in [-0.15, -0.1) is 0 Å². The summed E-state index contributed by atoms with van der Waals surface area (Å²) in [6.07, 6.45) is -0.310. The van der Waals surface area contributed by atoms with Crippen LogP contribution in [0.15, 0.2) is 42.5 Å². The largest absolute Gasteiger partial charge is 0.494 e. The van der Waals surface area contributed by atoms with Crippen LogP contribution in [0.1, 0.15) is 17.2 Å². The third-order valence-electron chi connectivity index (χ3n) is 3.42. The molecule has 0 amide bonds. The number of rotatable bonds is 5. The van der Waals surface area contributed by atoms with Crippen molar-refractivity contribution in [1.82, 2.24) is 0 Å². The Morgan fingerprint density at radius 2 is 1.95 bits per heavy atom. The number of nitrogens with zero attached hydrogens (tertiary/aromatic N) is 1. The minimum atomic E-state index is -0.669. The molecule has 0 spiro atoms. The molecule has 0 heterocycles. The fourth-order valence-electron chi connectivity index (χ4n) is 2.19. The maximum atomic E-state index is 13.7. The Hall–Kier alpha value is -2.07. The second kappa shape index (κ2) is 6.59. The zero-order valence-corrected chi connectivity index (χ0v) is 12.5. The number of benzene rings is 2. The van der Waals surface area contributed by atoms with Crippen LogP contribution in [0.4, 0.5) is 10.1 Å². The van der Waals surface area contributed by atoms with Gasteiger partial charge in [-0.25, -0.2) is 4.39 Å². The molecule has 0 aliphatic rings. The Balaban J connectivity index is 2.15. The maximum absolute atomic E-state index is 13.7. The van der Waals surface area contributed by atoms with Gasteiger partial charge in [0, 0.05) is 26.2 Å². The van der Waals surface area contributed by atoms with Crippen molar-refractivity contribution in [3.63, 3.8) is 0 Å². The van der Waals surface area contributed by atoms with E-state index in [0.29, 0.717) is 6.42 Å². The van der Waals surface area contributed by atoms with Gasteiger partial charge in [0.25, 0.3) is 0 Å². The highest BCUT2D eigenvalue weighted by Crippen LogP contribution is 2.24. The number of hydrogen-bond acceptors (Lipinski definition) is 3. The fourth-order valence-corrected chi connectivity index (χ4v) is 2.19. The van der Waals surface area contributed by atoms with Crippen LogP contribution in [-0.2, 0) is 6.42 Å². The number of aliphatic hydroxyl groups is 1. The monoisotopic (exact) mass is 289 g/mol. The lowest BCUT2D eigenvalue weighted by molar-refractivity contribution is 0.178. The molecule has 112 valence electrons. The van der Waals surface area contributed by atoms with Crippen LogP contribution in [0, 0.1) is 5.82 Å². The number of methoxy groups -OCH3 is 1. The average molecular weight is 289 g/mol. The topological polar surface area (TPSA) is 32.7 Å². The molecule has 0 bridgehead atoms. The quantitative estimate of drug-likeness (QED) is 0.917. The highest BCUT2D eigenvalue weighted by molar-refractivity contribution is 5.47. The number of halogens is 1. The first kappa shape index (κ1) is 15.3. The van der Waals surface area contributed by atoms with Crippen LogP contribution in [0.25, 0.3) is 0 Å². The van der Waals surface area contributed by atoms with Gasteiger partial charge in [0.15, 0.2) is 11.6 Å². The van der Waals surface area contributed by atoms with Gasteiger partial charge in [-0.2, -0.15) is 0 Å². The summed E-state index contributed by atoms with van der Waals surface area (Å²) in [6.45, 7) is 0. The SMILES string of the molecule is COc1ccc(CC(O)c2cccc(N(C)C)c2)cc1F. The van der Waals surface area contributed by atoms with Crippen molar-refractivity contribution in [1.29, 1.82) is 0 Å². The van der Waals surface area contributed by atoms with E-state index < -0.39 is 11.9 Å². The van der Waals surface area contributed by atoms with Crippen molar-refractivity contribution in [2.24, 2.45) is 0 Å². The summed E-state index contributed by atoms with van der Waals surface area (Å²) >= 11 is 0. The van der Waals surface area contributed by atoms with Gasteiger partial charge < -0.3 is 14.7 Å². The maximum Gasteiger partial charge on any atom is 0.165 e. The van der Waals surface area contributed by atoms with Gasteiger partial charge in [0.1, 0.15) is 0 Å². The molecule has 2 aromatic rings. The Morgan fingerprint density at radius 1 is 1.19 bits per heavy atom. The van der Waals surface area contributed by atoms with Crippen molar-refractivity contribution in [2.45, 2.75) is 12.5 Å². The van der Waals surface area contributed by atoms with Gasteiger partial charge in [-0.05, 0) is 35.4 Å². The smallest absolute Gasteiger partial charge is 0.165 e. The summed E-state index contributed by atoms with van der Waals surface area (Å²) in [4.78, 5) is 1.98. The number of anilines is 1. The molecular weight excluding hydrogens is 269 g/mol. The summed E-state index contributed by atoms with van der Waals surface area (Å²) in [7, 11) is 5.33. The number of hydrogen-bond donors (Lipinski definition) is 1. The predicted molar refractivity (Wildman–Crippen MR) is 82.4 cm³/mol. The van der Waals surface area contributed by atoms with E-state index in [2.05, 4.69) is 0 Å². The zero-order chi connectivity index (χ0) is 15.4. The van der Waals surface area contributed by atoms with E-state index >= 15 is 0 Å². The molecule has 0 aliphatic carbocycles. The van der Waals surface area contributed by atoms with Gasteiger partial charge in [0.2, 0.25) is 0 Å². The molecule has 1 unspecified atom stereocenters. The van der Waals surface area contributed by atoms with Crippen LogP contribution < -0.4 is 9.64 Å². The van der Waals surface area contributed by atoms with E-state index in [-0.39, 0.29) is 5.75 Å². The van der Waals surface area contributed by atoms with Crippen molar-refractivity contribution >= 4 is 5.69 Å². The van der Waals surface area contributed by atoms with Gasteiger partial charge in [-0.1, -0.05) is 18.2 Å². The molecule has 3 nitrogen and oxygen atoms in total. The van der Waals surface area contributed by atoms with E-state index in [1.807, 2.05) is 43.3 Å². The van der Waals surface area contributed by atoms with Crippen LogP contribution in [0.5, 0.6) is 5.75 Å². The third kappa shape index (κ3) is 3.73. The summed E-state index contributed by atoms with van der Waals surface area (Å²) < 4.78 is 18.5. The second-order valence-corrected chi connectivity index (χ2v) is 5.18. The molecule has 1 atom stereocenters. The first-order valence-corrected chi connectivity index (χ1v) is 6.79. The average Bonchev–Trinajstić information content (AvgIpc) is 2.47. The molecule has 2 rings (SSSR count). The molecular formula is C17H20FNO2. The van der Waals surface area contributed by atoms with Gasteiger partial charge in [-0.3, -0.25) is 0 Å². The lowest BCUT2D eigenvalue weighted by Gasteiger charge is -2.16. The first-order chi connectivity index (χ1) is 10.0. The van der Waals surface area contributed by atoms with Crippen molar-refractivity contribution in [3.05, 3.63) is 59.4 Å². The van der Waals surface area contributed by atoms with Gasteiger partial charge >= 0.3 is 0 Å². The van der Waals surface area contributed by atoms with Crippen LogP contribution >= 0.6 is 0 Å². The third-order valence-corrected chi connectivity index (χ3v) is 3.42. The molecule has 21 heavy (non-hydrogen) atoms. The van der Waals surface area contributed by atoms with Crippen LogP contribution in [0.2, 0.25) is 0 Å². The minimum absolute atomic E-state index is 0.211. The molecule has 2 aromatic carbocycles. The molecule has 0 saturated heterocycles. The molecule has 4 heteroatoms. The highest BCUT2D eigenvalue weighted by atomic mass is 19.1. The molecule has 0 aliphatic heterocycles. The van der Waals surface area contributed by atoms with E-state index in [0.717, 1.165) is 16.8 Å². The fraction of sp³-hybridized carbons (Fsp3) is 0.294. The molecule has 1 N–H and O–H groups in total. The highest BCUT2D eigenvalue weighted by Gasteiger charge is 2.11. The second-order valence-electron chi connectivity index (χ2n) is 5.18. The molecule has 0 fully saturated rings. The van der Waals surface area contributed by atoms with Crippen LogP contribution in [-0.4, -0.2) is 26.3 Å². The Morgan fingerprint density at radius 3 is 2.57 bits per heavy atom. The standard InChI is InChI=1S/C17H20FNO2/c1-19(2)14-6-4-5-13(11-14)16(20)10-12-7-8-17(21-3)15(18)9-12/h4-9,11,16,20H,10H2,1-3H3. The molecule has 0 radical (unpaired) electrons. The predicted octanol–water partition coefficient (Wildman–Crippen LogP) is 3.18. The van der Waals surface area contributed by atoms with E-state index in [4.69, 9.17) is 4.74 Å². The summed E-state index contributed by atoms with van der Waals surface area (Å²) in [5.41, 5.74) is 2.57. The van der Waals surface area contributed by atoms with Crippen molar-refractivity contribution in [2.75, 3.05) is 26.1 Å². The molecule has 0 saturated carbocycles. The lowest BCUT2D eigenvalue weighted by Crippen LogP contribution is -2.10. The lowest BCUT2D eigenvalue weighted by atomic mass is 10.0. The normalized spacial score (nSPS) is 12.0. The van der Waals surface area contributed by atoms with E-state index in [1.54, 1.807) is 12.1 Å². The van der Waals surface area contributed by atoms with Crippen LogP contribution in [0.3, 0.4) is 0 Å². The molecule has 0 aromatic heterocycles. The number of ether oxygens (including phenoxy) is 1. The van der Waals surface area contributed by atoms with E-state index in [1.165, 1.54) is 13.2 Å². The number of aliphatic hydroxyl groups excluding tert-OH is 1. The first-order valence-electron chi connectivity index (χ1n) is 6.79. The summed E-state index contributed by atoms with van der Waals surface area (Å²) in [5, 5.41) is 10.3. The van der Waals surface area contributed by atoms with Gasteiger partial charge in [0.05, 0.1) is 13.2 Å². The van der Waals surface area contributed by atoms with E-state index in [9.17, 15) is 9.50 Å². The Labute approximate surface area is 124 Å². The Kier molecular flexibility index (Phi) is 4.81. The van der Waals surface area contributed by atoms with Crippen molar-refractivity contribution in [3.8, 4) is 5.75 Å². The zero-order valence-electron chi connectivity index (χ0n) is 12.5. The minimum Gasteiger partial charge on any atom is -0.494 e.